The quantitative estimate of drug-likeness (QED) is 0.0128. The fourth-order valence-electron chi connectivity index (χ4n) is 15.5. The Balaban J connectivity index is -0.00000795. The van der Waals surface area contributed by atoms with Gasteiger partial charge in [-0.3, -0.25) is 71.9 Å². The van der Waals surface area contributed by atoms with Crippen molar-refractivity contribution in [2.75, 3.05) is 132 Å². The zero-order valence-corrected chi connectivity index (χ0v) is 89.7. The number of amides is 5. The Kier molecular flexibility index (Phi) is 87.3. The summed E-state index contributed by atoms with van der Waals surface area (Å²) in [5.74, 6) is -13.4. The summed E-state index contributed by atoms with van der Waals surface area (Å²) >= 11 is 0. The van der Waals surface area contributed by atoms with E-state index in [0.717, 1.165) is 282 Å². The zero-order valence-electron chi connectivity index (χ0n) is 89.7. The number of nitrogens with zero attached hydrogens (tertiary/aromatic N) is 5. The van der Waals surface area contributed by atoms with Crippen molar-refractivity contribution in [3.8, 4) is 0 Å². The van der Waals surface area contributed by atoms with Crippen LogP contribution in [0.25, 0.3) is 0 Å². The molecular formula is C95H183B6N11O31. The summed E-state index contributed by atoms with van der Waals surface area (Å²) in [6.45, 7) is 25.4. The van der Waals surface area contributed by atoms with Crippen LogP contribution in [0.4, 0.5) is 0 Å². The first kappa shape index (κ1) is 139. The summed E-state index contributed by atoms with van der Waals surface area (Å²) in [6, 6.07) is 0. The molecule has 8 atom stereocenters. The van der Waals surface area contributed by atoms with Crippen molar-refractivity contribution in [3.05, 3.63) is 0 Å². The Morgan fingerprint density at radius 1 is 0.301 bits per heavy atom. The van der Waals surface area contributed by atoms with Gasteiger partial charge in [-0.25, -0.2) is 0 Å². The maximum absolute atomic E-state index is 14.2. The molecule has 0 aromatic heterocycles. The number of rotatable bonds is 86. The minimum Gasteiger partial charge on any atom is 0 e. The van der Waals surface area contributed by atoms with Gasteiger partial charge < -0.3 is 124 Å². The van der Waals surface area contributed by atoms with Gasteiger partial charge in [0, 0.05) is 131 Å². The molecule has 0 bridgehead atoms. The molecule has 0 aliphatic carbocycles. The third-order valence-electron chi connectivity index (χ3n) is 23.1. The van der Waals surface area contributed by atoms with Crippen LogP contribution in [0, 0.1) is 5.92 Å². The predicted molar refractivity (Wildman–Crippen MR) is 550 cm³/mol. The first-order chi connectivity index (χ1) is 67.9. The second kappa shape index (κ2) is 90.0. The fourth-order valence-corrected chi connectivity index (χ4v) is 15.5. The number of unbranched alkanes of at least 4 members (excludes halogenated alkanes) is 25. The van der Waals surface area contributed by atoms with Crippen LogP contribution in [0.1, 0.15) is 297 Å². The van der Waals surface area contributed by atoms with E-state index in [-0.39, 0.29) is 15.2 Å². The average molecular weight is 2040 g/mol. The molecule has 0 spiro atoms. The third-order valence-corrected chi connectivity index (χ3v) is 23.1. The SMILES string of the molecule is CB(O)N(C)CCCN(CCCCNCC(CCCCCCNC(=O)CCCCCCCCCCCCCCCCCCCCCCCNC(=O)CCC(=O)N(CCNC(=O)[C@@H](OC(C)=O)[C@H](OC(C)=O)[C@@H](OC(C)=O)[C@@H](COC(C)=O)OC(C)=O)CCNC(=O)[C@H](OC(C)=O)[C@@H](OC(C)=O)[C@H](OC(C)=O)[C@H](COC(C)=O)OC(C)=O)CNCCCCN(CCCN(C)B(C)O)B(C)O)B(C)O.CB=O.CB=O.[HH].[HH]. The molecule has 0 heterocycles. The third kappa shape index (κ3) is 80.5. The molecule has 0 radical (unpaired) electrons. The topological polar surface area (TPSA) is 552 Å². The molecule has 0 aromatic carbocycles. The molecular weight excluding hydrogens is 1860 g/mol. The Morgan fingerprint density at radius 2 is 0.580 bits per heavy atom. The van der Waals surface area contributed by atoms with Crippen LogP contribution in [0.3, 0.4) is 0 Å². The van der Waals surface area contributed by atoms with E-state index in [1.165, 1.54) is 90.7 Å². The molecule has 0 saturated heterocycles. The smallest absolute Gasteiger partial charge is 0 e. The van der Waals surface area contributed by atoms with Crippen molar-refractivity contribution in [1.82, 2.24) is 56.0 Å². The van der Waals surface area contributed by atoms with Crippen LogP contribution in [-0.2, 0) is 129 Å². The summed E-state index contributed by atoms with van der Waals surface area (Å²) in [5, 5.41) is 58.7. The monoisotopic (exact) mass is 2040 g/mol. The second-order valence-electron chi connectivity index (χ2n) is 36.2. The Bertz CT molecular complexity index is 3380. The molecule has 10 N–H and O–H groups in total. The molecule has 0 rings (SSSR count). The number of ether oxygens (including phenoxy) is 10. The van der Waals surface area contributed by atoms with Crippen LogP contribution in [0.2, 0.25) is 40.9 Å². The molecule has 143 heavy (non-hydrogen) atoms. The van der Waals surface area contributed by atoms with E-state index in [4.69, 9.17) is 56.8 Å². The van der Waals surface area contributed by atoms with Gasteiger partial charge in [0.1, 0.15) is 13.2 Å². The minimum absolute atomic E-state index is 0. The Hall–Kier alpha value is -8.36. The number of esters is 10. The van der Waals surface area contributed by atoms with Gasteiger partial charge >= 0.3 is 125 Å². The molecule has 0 saturated carbocycles. The molecule has 42 nitrogen and oxygen atoms in total. The van der Waals surface area contributed by atoms with Crippen LogP contribution >= 0.6 is 0 Å². The molecule has 0 fully saturated rings. The van der Waals surface area contributed by atoms with Gasteiger partial charge in [0.15, 0.2) is 36.6 Å². The van der Waals surface area contributed by atoms with Crippen LogP contribution in [-0.4, -0.2) is 357 Å². The summed E-state index contributed by atoms with van der Waals surface area (Å²) in [7, 11) is 3.30. The van der Waals surface area contributed by atoms with Crippen LogP contribution in [0.15, 0.2) is 0 Å². The summed E-state index contributed by atoms with van der Waals surface area (Å²) in [4.78, 5) is 202. The van der Waals surface area contributed by atoms with Crippen molar-refractivity contribution in [3.63, 3.8) is 0 Å². The van der Waals surface area contributed by atoms with E-state index in [1.807, 2.05) is 37.4 Å². The van der Waals surface area contributed by atoms with Gasteiger partial charge in [0.25, 0.3) is 11.8 Å². The van der Waals surface area contributed by atoms with E-state index in [2.05, 4.69) is 41.5 Å². The van der Waals surface area contributed by atoms with E-state index in [9.17, 15) is 92.0 Å². The van der Waals surface area contributed by atoms with Gasteiger partial charge in [-0.2, -0.15) is 0 Å². The van der Waals surface area contributed by atoms with Crippen molar-refractivity contribution >= 4 is 132 Å². The molecule has 0 aromatic rings. The summed E-state index contributed by atoms with van der Waals surface area (Å²) < 4.78 is 70.4. The van der Waals surface area contributed by atoms with Gasteiger partial charge in [-0.1, -0.05) is 141 Å². The second-order valence-corrected chi connectivity index (χ2v) is 36.2. The Morgan fingerprint density at radius 3 is 0.881 bits per heavy atom. The molecule has 5 amide bonds. The van der Waals surface area contributed by atoms with E-state index < -0.39 is 206 Å². The molecule has 0 aliphatic heterocycles. The van der Waals surface area contributed by atoms with E-state index >= 15 is 0 Å². The normalized spacial score (nSPS) is 12.6. The van der Waals surface area contributed by atoms with E-state index in [1.54, 1.807) is 13.6 Å². The van der Waals surface area contributed by atoms with Crippen LogP contribution < -0.4 is 31.9 Å². The van der Waals surface area contributed by atoms with Crippen molar-refractivity contribution in [1.29, 1.82) is 0 Å². The average Bonchev–Trinajstić information content (AvgIpc) is 0.820. The van der Waals surface area contributed by atoms with Crippen molar-refractivity contribution in [2.45, 2.75) is 384 Å². The molecule has 822 valence electrons. The van der Waals surface area contributed by atoms with E-state index in [0.29, 0.717) is 25.3 Å². The summed E-state index contributed by atoms with van der Waals surface area (Å²) in [5.41, 5.74) is 0. The zero-order chi connectivity index (χ0) is 108. The molecule has 48 heteroatoms. The van der Waals surface area contributed by atoms with Gasteiger partial charge in [-0.15, -0.1) is 0 Å². The maximum Gasteiger partial charge on any atom is 0 e. The first-order valence-corrected chi connectivity index (χ1v) is 51.7. The van der Waals surface area contributed by atoms with Crippen molar-refractivity contribution < 1.29 is 152 Å². The molecule has 0 aliphatic rings. The van der Waals surface area contributed by atoms with Gasteiger partial charge in [-0.05, 0) is 177 Å². The number of hydrogen-bond acceptors (Lipinski definition) is 37. The number of hydrogen-bond donors (Lipinski definition) is 10. The standard InChI is InChI=1S/C93H173B4N11O29.2CH3BO.2H2/c1-70(109)128-68-81(130-72(3)111)86(132-74(5)113)88(134-76(7)115)90(136-78(9)117)92(122)102-56-64-106(65-57-103-93(123)91(137-79(10)118)89(135-77(8)116)87(133-75(6)114)82(131-73(4)112)69-129-71(2)110)85(121)51-50-84(120)101-55-40-36-33-31-29-27-25-23-21-19-17-18-20-22-24-26-28-30-32-34-39-49-83(119)100-54-41-37-35-38-48-80(66-98-52-42-44-60-107(96(13)126)62-46-58-104(15)94(11)124)67-99-53-43-45-61-108(97(14)127)63-47-59-105(16)95(12)125;2*1-2-3;;/h80-82,86-91,98-99,124-127H,17-69H2,1-16H3,(H,100,119)(H,101,120)(H,102,122)(H,103,123);2*1H3;2*1H/t81-,82+,86+,87-,88-,89+,90+,91-;;;;. The minimum atomic E-state index is -2.21. The molecule has 0 unspecified atom stereocenters. The van der Waals surface area contributed by atoms with Crippen molar-refractivity contribution in [2.24, 2.45) is 5.92 Å². The maximum atomic E-state index is 14.2. The number of carbonyl (C=O) groups excluding carboxylic acids is 15. The first-order valence-electron chi connectivity index (χ1n) is 51.7. The van der Waals surface area contributed by atoms with Gasteiger partial charge in [0.05, 0.1) is 0 Å². The predicted octanol–water partition coefficient (Wildman–Crippen LogP) is 6.88. The Labute approximate surface area is 857 Å². The fraction of sp³-hybridized carbons (Fsp3) is 0.842. The van der Waals surface area contributed by atoms with Crippen LogP contribution in [0.5, 0.6) is 0 Å². The largest absolute Gasteiger partial charge is 0 e. The number of nitrogens with one attached hydrogen (secondary N) is 6. The summed E-state index contributed by atoms with van der Waals surface area (Å²) in [6.07, 6.45) is 18.9. The number of carbonyl (C=O) groups is 15. The van der Waals surface area contributed by atoms with Gasteiger partial charge in [0.2, 0.25) is 29.9 Å².